The molecule has 0 aliphatic carbocycles. The smallest absolute Gasteiger partial charge is 0.266 e. The lowest BCUT2D eigenvalue weighted by molar-refractivity contribution is 0.0969. The van der Waals surface area contributed by atoms with E-state index in [1.807, 2.05) is 18.2 Å². The molecule has 150 valence electrons. The first-order chi connectivity index (χ1) is 14.4. The van der Waals surface area contributed by atoms with Crippen LogP contribution in [0.3, 0.4) is 0 Å². The maximum absolute atomic E-state index is 13.0. The zero-order chi connectivity index (χ0) is 21.3. The second-order valence-corrected chi connectivity index (χ2v) is 8.10. The van der Waals surface area contributed by atoms with Gasteiger partial charge in [-0.1, -0.05) is 29.8 Å². The number of amides is 1. The normalized spacial score (nSPS) is 10.9. The Labute approximate surface area is 180 Å². The number of rotatable bonds is 5. The largest absolute Gasteiger partial charge is 0.321 e. The van der Waals surface area contributed by atoms with Gasteiger partial charge in [0.1, 0.15) is 4.83 Å². The lowest BCUT2D eigenvalue weighted by Gasteiger charge is -2.05. The molecule has 30 heavy (non-hydrogen) atoms. The van der Waals surface area contributed by atoms with Crippen LogP contribution >= 0.6 is 22.9 Å². The van der Waals surface area contributed by atoms with E-state index in [4.69, 9.17) is 11.6 Å². The molecule has 1 amide bonds. The summed E-state index contributed by atoms with van der Waals surface area (Å²) in [6, 6.07) is 15.6. The van der Waals surface area contributed by atoms with Crippen LogP contribution in [0.4, 0.5) is 5.69 Å². The van der Waals surface area contributed by atoms with E-state index in [1.165, 1.54) is 10.9 Å². The summed E-state index contributed by atoms with van der Waals surface area (Å²) in [4.78, 5) is 43.4. The maximum Gasteiger partial charge on any atom is 0.266 e. The highest BCUT2D eigenvalue weighted by molar-refractivity contribution is 7.20. The fourth-order valence-electron chi connectivity index (χ4n) is 3.08. The monoisotopic (exact) mass is 437 g/mol. The van der Waals surface area contributed by atoms with Gasteiger partial charge in [-0.3, -0.25) is 19.0 Å². The Balaban J connectivity index is 1.65. The fraction of sp³-hybridized carbons (Fsp3) is 0.0909. The minimum absolute atomic E-state index is 0.149. The molecule has 4 aromatic rings. The van der Waals surface area contributed by atoms with Crippen LogP contribution in [0.2, 0.25) is 5.02 Å². The summed E-state index contributed by atoms with van der Waals surface area (Å²) in [5.41, 5.74) is 1.32. The quantitative estimate of drug-likeness (QED) is 0.464. The van der Waals surface area contributed by atoms with Gasteiger partial charge in [0.05, 0.1) is 23.1 Å². The number of benzene rings is 2. The van der Waals surface area contributed by atoms with Crippen LogP contribution in [0.1, 0.15) is 25.6 Å². The molecule has 0 unspecified atom stereocenters. The predicted molar refractivity (Wildman–Crippen MR) is 119 cm³/mol. The summed E-state index contributed by atoms with van der Waals surface area (Å²) in [6.07, 6.45) is 1.34. The van der Waals surface area contributed by atoms with Crippen LogP contribution in [0.15, 0.2) is 65.7 Å². The van der Waals surface area contributed by atoms with Crippen molar-refractivity contribution in [2.24, 2.45) is 0 Å². The molecule has 0 saturated carbocycles. The van der Waals surface area contributed by atoms with Crippen molar-refractivity contribution in [2.75, 3.05) is 5.32 Å². The molecule has 0 spiro atoms. The topological polar surface area (TPSA) is 81.1 Å². The molecule has 0 atom stereocenters. The number of para-hydroxylation sites is 1. The molecule has 8 heteroatoms. The molecule has 0 saturated heterocycles. The van der Waals surface area contributed by atoms with E-state index in [1.54, 1.807) is 43.3 Å². The Morgan fingerprint density at radius 1 is 1.10 bits per heavy atom. The Kier molecular flexibility index (Phi) is 5.48. The number of ketones is 1. The lowest BCUT2D eigenvalue weighted by Crippen LogP contribution is -2.24. The van der Waals surface area contributed by atoms with Gasteiger partial charge in [-0.2, -0.15) is 0 Å². The summed E-state index contributed by atoms with van der Waals surface area (Å²) in [7, 11) is 0. The van der Waals surface area contributed by atoms with E-state index in [-0.39, 0.29) is 23.8 Å². The molecule has 0 fully saturated rings. The average Bonchev–Trinajstić information content (AvgIpc) is 3.08. The van der Waals surface area contributed by atoms with Crippen LogP contribution in [-0.4, -0.2) is 21.2 Å². The van der Waals surface area contributed by atoms with Crippen LogP contribution in [0.5, 0.6) is 0 Å². The number of halogens is 1. The SMILES string of the molecule is Cc1c(C(=O)Nc2ccccc2)sc2ncn(CC(=O)c3ccc(Cl)cc3)c(=O)c12. The first-order valence-corrected chi connectivity index (χ1v) is 10.3. The molecule has 2 aromatic heterocycles. The summed E-state index contributed by atoms with van der Waals surface area (Å²) < 4.78 is 1.26. The second kappa shape index (κ2) is 8.22. The number of nitrogens with zero attached hydrogens (tertiary/aromatic N) is 2. The van der Waals surface area contributed by atoms with Gasteiger partial charge in [-0.05, 0) is 48.9 Å². The van der Waals surface area contributed by atoms with Gasteiger partial charge in [-0.25, -0.2) is 4.98 Å². The van der Waals surface area contributed by atoms with Gasteiger partial charge >= 0.3 is 0 Å². The zero-order valence-corrected chi connectivity index (χ0v) is 17.5. The molecule has 6 nitrogen and oxygen atoms in total. The van der Waals surface area contributed by atoms with E-state index < -0.39 is 0 Å². The second-order valence-electron chi connectivity index (χ2n) is 6.66. The molecule has 0 aliphatic rings. The molecule has 0 bridgehead atoms. The summed E-state index contributed by atoms with van der Waals surface area (Å²) >= 11 is 7.01. The van der Waals surface area contributed by atoms with Gasteiger partial charge in [0, 0.05) is 16.3 Å². The van der Waals surface area contributed by atoms with E-state index >= 15 is 0 Å². The molecular formula is C22H16ClN3O3S. The molecule has 2 aromatic carbocycles. The number of Topliss-reactive ketones (excluding diaryl/α,β-unsaturated/α-hetero) is 1. The fourth-order valence-corrected chi connectivity index (χ4v) is 4.24. The number of carbonyl (C=O) groups is 2. The van der Waals surface area contributed by atoms with Gasteiger partial charge in [0.2, 0.25) is 0 Å². The molecular weight excluding hydrogens is 422 g/mol. The number of hydrogen-bond acceptors (Lipinski definition) is 5. The highest BCUT2D eigenvalue weighted by Crippen LogP contribution is 2.27. The third kappa shape index (κ3) is 3.90. The van der Waals surface area contributed by atoms with Gasteiger partial charge in [0.15, 0.2) is 5.78 Å². The first kappa shape index (κ1) is 20.0. The summed E-state index contributed by atoms with van der Waals surface area (Å²) in [5, 5.41) is 3.70. The number of carbonyl (C=O) groups excluding carboxylic acids is 2. The highest BCUT2D eigenvalue weighted by Gasteiger charge is 2.20. The molecule has 0 aliphatic heterocycles. The molecule has 4 rings (SSSR count). The Morgan fingerprint density at radius 3 is 2.50 bits per heavy atom. The maximum atomic E-state index is 13.0. The Morgan fingerprint density at radius 2 is 1.80 bits per heavy atom. The number of aromatic nitrogens is 2. The van der Waals surface area contributed by atoms with Crippen LogP contribution in [0, 0.1) is 6.92 Å². The third-order valence-electron chi connectivity index (χ3n) is 4.64. The van der Waals surface area contributed by atoms with E-state index in [0.717, 1.165) is 11.3 Å². The van der Waals surface area contributed by atoms with Crippen LogP contribution in [0.25, 0.3) is 10.2 Å². The third-order valence-corrected chi connectivity index (χ3v) is 6.09. The number of fused-ring (bicyclic) bond motifs is 1. The molecule has 2 heterocycles. The lowest BCUT2D eigenvalue weighted by atomic mass is 10.1. The Bertz CT molecular complexity index is 1310. The van der Waals surface area contributed by atoms with Crippen molar-refractivity contribution in [3.8, 4) is 0 Å². The first-order valence-electron chi connectivity index (χ1n) is 9.08. The predicted octanol–water partition coefficient (Wildman–Crippen LogP) is 4.56. The van der Waals surface area contributed by atoms with Crippen molar-refractivity contribution >= 4 is 50.5 Å². The molecule has 1 N–H and O–H groups in total. The Hall–Kier alpha value is -3.29. The highest BCUT2D eigenvalue weighted by atomic mass is 35.5. The van der Waals surface area contributed by atoms with Crippen molar-refractivity contribution in [3.05, 3.63) is 92.3 Å². The minimum atomic E-state index is -0.352. The van der Waals surface area contributed by atoms with Gasteiger partial charge in [-0.15, -0.1) is 11.3 Å². The number of nitrogens with one attached hydrogen (secondary N) is 1. The van der Waals surface area contributed by atoms with E-state index in [0.29, 0.717) is 36.9 Å². The standard InChI is InChI=1S/C22H16ClN3O3S/c1-13-18-21(30-19(13)20(28)25-16-5-3-2-4-6-16)24-12-26(22(18)29)11-17(27)14-7-9-15(23)10-8-14/h2-10,12H,11H2,1H3,(H,25,28). The average molecular weight is 438 g/mol. The van der Waals surface area contributed by atoms with Crippen molar-refractivity contribution in [1.82, 2.24) is 9.55 Å². The van der Waals surface area contributed by atoms with Gasteiger partial charge in [0.25, 0.3) is 11.5 Å². The zero-order valence-electron chi connectivity index (χ0n) is 15.9. The molecule has 0 radical (unpaired) electrons. The number of anilines is 1. The minimum Gasteiger partial charge on any atom is -0.321 e. The summed E-state index contributed by atoms with van der Waals surface area (Å²) in [5.74, 6) is -0.533. The van der Waals surface area contributed by atoms with Crippen LogP contribution in [-0.2, 0) is 6.54 Å². The van der Waals surface area contributed by atoms with E-state index in [2.05, 4.69) is 10.3 Å². The van der Waals surface area contributed by atoms with Gasteiger partial charge < -0.3 is 5.32 Å². The van der Waals surface area contributed by atoms with Crippen LogP contribution < -0.4 is 10.9 Å². The summed E-state index contributed by atoms with van der Waals surface area (Å²) in [6.45, 7) is 1.57. The van der Waals surface area contributed by atoms with Crippen molar-refractivity contribution in [1.29, 1.82) is 0 Å². The number of hydrogen-bond donors (Lipinski definition) is 1. The van der Waals surface area contributed by atoms with Crippen molar-refractivity contribution in [3.63, 3.8) is 0 Å². The number of thiophene rings is 1. The van der Waals surface area contributed by atoms with Crippen molar-refractivity contribution < 1.29 is 9.59 Å². The van der Waals surface area contributed by atoms with E-state index in [9.17, 15) is 14.4 Å². The number of aryl methyl sites for hydroxylation is 1. The van der Waals surface area contributed by atoms with Crippen molar-refractivity contribution in [2.45, 2.75) is 13.5 Å².